The highest BCUT2D eigenvalue weighted by Gasteiger charge is 2.33. The third-order valence-electron chi connectivity index (χ3n) is 4.13. The van der Waals surface area contributed by atoms with Crippen LogP contribution in [0.15, 0.2) is 6.07 Å². The van der Waals surface area contributed by atoms with Gasteiger partial charge in [-0.15, -0.1) is 5.10 Å². The van der Waals surface area contributed by atoms with Crippen molar-refractivity contribution >= 4 is 23.3 Å². The molecule has 7 nitrogen and oxygen atoms in total. The first-order valence-electron chi connectivity index (χ1n) is 7.57. The third kappa shape index (κ3) is 3.17. The number of aryl methyl sites for hydroxylation is 2. The molecule has 1 aliphatic rings. The molecule has 3 heterocycles. The van der Waals surface area contributed by atoms with Gasteiger partial charge in [-0.3, -0.25) is 4.79 Å². The topological polar surface area (TPSA) is 75.1 Å². The number of hydrogen-bond acceptors (Lipinski definition) is 7. The molecule has 2 aromatic rings. The van der Waals surface area contributed by atoms with Crippen LogP contribution in [0, 0.1) is 13.8 Å². The average molecular weight is 332 g/mol. The third-order valence-corrected chi connectivity index (χ3v) is 4.94. The van der Waals surface area contributed by atoms with Gasteiger partial charge in [0.1, 0.15) is 11.6 Å². The minimum atomic E-state index is 0.0770. The largest absolute Gasteiger partial charge is 0.354 e. The zero-order valence-electron chi connectivity index (χ0n) is 13.8. The van der Waals surface area contributed by atoms with E-state index in [-0.39, 0.29) is 11.9 Å². The molecule has 0 saturated carbocycles. The maximum absolute atomic E-state index is 11.6. The van der Waals surface area contributed by atoms with Crippen LogP contribution in [0.2, 0.25) is 0 Å². The minimum Gasteiger partial charge on any atom is -0.354 e. The molecule has 23 heavy (non-hydrogen) atoms. The monoisotopic (exact) mass is 332 g/mol. The number of amides is 1. The van der Waals surface area contributed by atoms with Gasteiger partial charge in [-0.1, -0.05) is 4.49 Å². The molecule has 1 fully saturated rings. The summed E-state index contributed by atoms with van der Waals surface area (Å²) in [6.07, 6.45) is 0.955. The standard InChI is InChI=1S/C15H20N6OS/c1-9-14(23-19-18-9)8-20(4)15-7-12(16-10(2)17-15)13-5-6-21(13)11(3)22/h7,13H,5-6,8H2,1-4H3/t13-/m0/s1. The number of carbonyl (C=O) groups is 1. The molecule has 1 amide bonds. The normalized spacial score (nSPS) is 17.0. The summed E-state index contributed by atoms with van der Waals surface area (Å²) in [5, 5.41) is 4.04. The summed E-state index contributed by atoms with van der Waals surface area (Å²) >= 11 is 1.41. The van der Waals surface area contributed by atoms with E-state index in [4.69, 9.17) is 0 Å². The molecule has 1 atom stereocenters. The van der Waals surface area contributed by atoms with Crippen molar-refractivity contribution in [3.63, 3.8) is 0 Å². The van der Waals surface area contributed by atoms with Gasteiger partial charge in [0.2, 0.25) is 5.91 Å². The number of rotatable bonds is 4. The fourth-order valence-electron chi connectivity index (χ4n) is 2.70. The Balaban J connectivity index is 1.83. The summed E-state index contributed by atoms with van der Waals surface area (Å²) in [6.45, 7) is 6.97. The van der Waals surface area contributed by atoms with Crippen LogP contribution in [0.4, 0.5) is 5.82 Å². The lowest BCUT2D eigenvalue weighted by Gasteiger charge is -2.40. The van der Waals surface area contributed by atoms with Gasteiger partial charge in [-0.25, -0.2) is 9.97 Å². The molecule has 8 heteroatoms. The second-order valence-corrected chi connectivity index (χ2v) is 6.69. The van der Waals surface area contributed by atoms with Crippen molar-refractivity contribution < 1.29 is 4.79 Å². The molecule has 0 aliphatic carbocycles. The number of likely N-dealkylation sites (tertiary alicyclic amines) is 1. The second kappa shape index (κ2) is 6.19. The fraction of sp³-hybridized carbons (Fsp3) is 0.533. The number of nitrogens with zero attached hydrogens (tertiary/aromatic N) is 6. The van der Waals surface area contributed by atoms with Gasteiger partial charge in [-0.05, 0) is 31.8 Å². The second-order valence-electron chi connectivity index (χ2n) is 5.85. The first-order valence-corrected chi connectivity index (χ1v) is 8.35. The Bertz CT molecular complexity index is 731. The molecular weight excluding hydrogens is 312 g/mol. The van der Waals surface area contributed by atoms with E-state index in [1.54, 1.807) is 6.92 Å². The zero-order chi connectivity index (χ0) is 16.6. The van der Waals surface area contributed by atoms with Gasteiger partial charge in [-0.2, -0.15) is 0 Å². The van der Waals surface area contributed by atoms with E-state index in [1.165, 1.54) is 11.5 Å². The highest BCUT2D eigenvalue weighted by atomic mass is 32.1. The van der Waals surface area contributed by atoms with Crippen LogP contribution in [-0.2, 0) is 11.3 Å². The van der Waals surface area contributed by atoms with E-state index in [0.29, 0.717) is 6.54 Å². The Hall–Kier alpha value is -2.09. The average Bonchev–Trinajstić information content (AvgIpc) is 2.81. The van der Waals surface area contributed by atoms with Crippen molar-refractivity contribution in [1.82, 2.24) is 24.5 Å². The maximum atomic E-state index is 11.6. The smallest absolute Gasteiger partial charge is 0.220 e. The molecule has 2 aromatic heterocycles. The van der Waals surface area contributed by atoms with E-state index >= 15 is 0 Å². The Labute approximate surface area is 139 Å². The van der Waals surface area contributed by atoms with Crippen LogP contribution in [0.3, 0.4) is 0 Å². The fourth-order valence-corrected chi connectivity index (χ4v) is 3.39. The number of hydrogen-bond donors (Lipinski definition) is 0. The lowest BCUT2D eigenvalue weighted by molar-refractivity contribution is -0.136. The van der Waals surface area contributed by atoms with E-state index in [0.717, 1.165) is 40.9 Å². The van der Waals surface area contributed by atoms with Crippen molar-refractivity contribution in [1.29, 1.82) is 0 Å². The highest BCUT2D eigenvalue weighted by Crippen LogP contribution is 2.33. The van der Waals surface area contributed by atoms with E-state index in [9.17, 15) is 4.79 Å². The zero-order valence-corrected chi connectivity index (χ0v) is 14.6. The number of carbonyl (C=O) groups excluding carboxylic acids is 1. The molecule has 1 saturated heterocycles. The van der Waals surface area contributed by atoms with Crippen molar-refractivity contribution in [2.75, 3.05) is 18.5 Å². The van der Waals surface area contributed by atoms with Crippen LogP contribution in [0.25, 0.3) is 0 Å². The predicted octanol–water partition coefficient (Wildman–Crippen LogP) is 1.87. The molecule has 1 aliphatic heterocycles. The molecular formula is C15H20N6OS. The summed E-state index contributed by atoms with van der Waals surface area (Å²) in [5.74, 6) is 1.67. The van der Waals surface area contributed by atoms with Crippen LogP contribution >= 0.6 is 11.5 Å². The molecule has 0 bridgehead atoms. The maximum Gasteiger partial charge on any atom is 0.220 e. The SMILES string of the molecule is CC(=O)N1CC[C@H]1c1cc(N(C)Cc2snnc2C)nc(C)n1. The summed E-state index contributed by atoms with van der Waals surface area (Å²) < 4.78 is 3.97. The van der Waals surface area contributed by atoms with Crippen LogP contribution < -0.4 is 4.90 Å². The van der Waals surface area contributed by atoms with E-state index < -0.39 is 0 Å². The van der Waals surface area contributed by atoms with Gasteiger partial charge < -0.3 is 9.80 Å². The Kier molecular flexibility index (Phi) is 4.25. The van der Waals surface area contributed by atoms with Gasteiger partial charge in [0.05, 0.1) is 28.9 Å². The Morgan fingerprint density at radius 3 is 2.78 bits per heavy atom. The van der Waals surface area contributed by atoms with Gasteiger partial charge in [0, 0.05) is 26.6 Å². The molecule has 0 aromatic carbocycles. The Morgan fingerprint density at radius 2 is 2.22 bits per heavy atom. The van der Waals surface area contributed by atoms with Crippen molar-refractivity contribution in [2.24, 2.45) is 0 Å². The summed E-state index contributed by atoms with van der Waals surface area (Å²) in [6, 6.07) is 2.06. The first kappa shape index (κ1) is 15.8. The number of aromatic nitrogens is 4. The Morgan fingerprint density at radius 1 is 1.43 bits per heavy atom. The van der Waals surface area contributed by atoms with Gasteiger partial charge >= 0.3 is 0 Å². The number of anilines is 1. The minimum absolute atomic E-state index is 0.0770. The lowest BCUT2D eigenvalue weighted by atomic mass is 9.99. The molecule has 0 unspecified atom stereocenters. The van der Waals surface area contributed by atoms with Crippen LogP contribution in [-0.4, -0.2) is 44.0 Å². The predicted molar refractivity (Wildman–Crippen MR) is 88.3 cm³/mol. The van der Waals surface area contributed by atoms with Crippen molar-refractivity contribution in [3.8, 4) is 0 Å². The molecule has 0 spiro atoms. The lowest BCUT2D eigenvalue weighted by Crippen LogP contribution is -2.44. The summed E-state index contributed by atoms with van der Waals surface area (Å²) in [5.41, 5.74) is 1.87. The van der Waals surface area contributed by atoms with Crippen molar-refractivity contribution in [3.05, 3.63) is 28.2 Å². The molecule has 0 radical (unpaired) electrons. The quantitative estimate of drug-likeness (QED) is 0.851. The van der Waals surface area contributed by atoms with E-state index in [2.05, 4.69) is 24.5 Å². The van der Waals surface area contributed by atoms with Gasteiger partial charge in [0.25, 0.3) is 0 Å². The summed E-state index contributed by atoms with van der Waals surface area (Å²) in [7, 11) is 1.99. The van der Waals surface area contributed by atoms with Gasteiger partial charge in [0.15, 0.2) is 0 Å². The van der Waals surface area contributed by atoms with E-state index in [1.807, 2.05) is 31.9 Å². The summed E-state index contributed by atoms with van der Waals surface area (Å²) in [4.78, 5) is 25.7. The van der Waals surface area contributed by atoms with Crippen molar-refractivity contribution in [2.45, 2.75) is 39.8 Å². The first-order chi connectivity index (χ1) is 11.0. The highest BCUT2D eigenvalue weighted by molar-refractivity contribution is 7.05. The van der Waals surface area contributed by atoms with Crippen LogP contribution in [0.1, 0.15) is 41.5 Å². The molecule has 3 rings (SSSR count). The molecule has 122 valence electrons. The molecule has 0 N–H and O–H groups in total. The van der Waals surface area contributed by atoms with Crippen LogP contribution in [0.5, 0.6) is 0 Å².